The molecule has 2 aromatic carbocycles. The normalized spacial score (nSPS) is 17.7. The third kappa shape index (κ3) is 5.44. The summed E-state index contributed by atoms with van der Waals surface area (Å²) in [7, 11) is 0. The topological polar surface area (TPSA) is 105 Å². The van der Waals surface area contributed by atoms with Crippen molar-refractivity contribution in [1.29, 1.82) is 0 Å². The average Bonchev–Trinajstić information content (AvgIpc) is 3.41. The molecule has 8 heteroatoms. The number of carboxylic acids is 1. The van der Waals surface area contributed by atoms with Crippen molar-refractivity contribution in [2.24, 2.45) is 5.41 Å². The van der Waals surface area contributed by atoms with Crippen LogP contribution in [0.5, 0.6) is 0 Å². The lowest BCUT2D eigenvalue weighted by molar-refractivity contribution is -0.00251. The fraction of sp³-hybridized carbons (Fsp3) is 0.355. The summed E-state index contributed by atoms with van der Waals surface area (Å²) in [6.45, 7) is 4.77. The predicted molar refractivity (Wildman–Crippen MR) is 146 cm³/mol. The van der Waals surface area contributed by atoms with Crippen molar-refractivity contribution in [3.63, 3.8) is 0 Å². The van der Waals surface area contributed by atoms with Gasteiger partial charge in [-0.1, -0.05) is 30.0 Å². The number of carboxylic acid groups (broad SMARTS) is 1. The second kappa shape index (κ2) is 10.8. The number of piperidine rings is 1. The minimum atomic E-state index is -1.10. The van der Waals surface area contributed by atoms with Gasteiger partial charge < -0.3 is 15.3 Å². The number of carbonyl (C=O) groups excluding carboxylic acids is 2. The molecule has 1 aromatic heterocycles. The van der Waals surface area contributed by atoms with Crippen LogP contribution in [0, 0.1) is 17.3 Å². The zero-order valence-corrected chi connectivity index (χ0v) is 22.2. The highest BCUT2D eigenvalue weighted by Gasteiger charge is 2.49. The van der Waals surface area contributed by atoms with Crippen LogP contribution in [0.15, 0.2) is 60.7 Å². The summed E-state index contributed by atoms with van der Waals surface area (Å²) in [5, 5.41) is 17.0. The molecular weight excluding hydrogens is 492 g/mol. The third-order valence-corrected chi connectivity index (χ3v) is 7.96. The summed E-state index contributed by atoms with van der Waals surface area (Å²) >= 11 is 0. The molecule has 3 aromatic rings. The Balaban J connectivity index is 1.17. The number of hydrogen-bond donors (Lipinski definition) is 2. The first-order valence-electron chi connectivity index (χ1n) is 13.4. The van der Waals surface area contributed by atoms with E-state index in [4.69, 9.17) is 0 Å². The lowest BCUT2D eigenvalue weighted by Crippen LogP contribution is -2.59. The first-order valence-corrected chi connectivity index (χ1v) is 13.4. The van der Waals surface area contributed by atoms with Crippen LogP contribution in [-0.4, -0.2) is 56.7 Å². The maximum absolute atomic E-state index is 13.1. The second-order valence-electron chi connectivity index (χ2n) is 10.7. The average molecular weight is 525 g/mol. The molecule has 1 aliphatic carbocycles. The van der Waals surface area contributed by atoms with Gasteiger partial charge in [0, 0.05) is 47.9 Å². The summed E-state index contributed by atoms with van der Waals surface area (Å²) in [6, 6.07) is 18.4. The minimum absolute atomic E-state index is 0.0138. The van der Waals surface area contributed by atoms with E-state index in [9.17, 15) is 19.5 Å². The van der Waals surface area contributed by atoms with Gasteiger partial charge in [0.25, 0.3) is 11.8 Å². The molecule has 1 aliphatic heterocycles. The van der Waals surface area contributed by atoms with Crippen molar-refractivity contribution >= 4 is 17.8 Å². The molecule has 0 bridgehead atoms. The summed E-state index contributed by atoms with van der Waals surface area (Å²) in [5.74, 6) is 4.81. The SMILES string of the molecule is CC(C)n1nc(C(=O)N2CCC3(CCC3NC(=O)c3ccc(C#Cc4ccccc4)cc3)CC2)cc1C(=O)O. The molecule has 2 amide bonds. The molecule has 39 heavy (non-hydrogen) atoms. The number of hydrogen-bond acceptors (Lipinski definition) is 4. The summed E-state index contributed by atoms with van der Waals surface area (Å²) in [5.41, 5.74) is 2.55. The summed E-state index contributed by atoms with van der Waals surface area (Å²) in [6.07, 6.45) is 3.50. The Morgan fingerprint density at radius 3 is 2.15 bits per heavy atom. The van der Waals surface area contributed by atoms with Gasteiger partial charge in [-0.05, 0) is 81.3 Å². The highest BCUT2D eigenvalue weighted by atomic mass is 16.4. The van der Waals surface area contributed by atoms with Crippen LogP contribution in [0.1, 0.15) is 88.0 Å². The van der Waals surface area contributed by atoms with Gasteiger partial charge in [0.2, 0.25) is 0 Å². The quantitative estimate of drug-likeness (QED) is 0.482. The molecule has 2 N–H and O–H groups in total. The van der Waals surface area contributed by atoms with Gasteiger partial charge in [0.1, 0.15) is 5.69 Å². The zero-order chi connectivity index (χ0) is 27.6. The standard InChI is InChI=1S/C31H32N4O4/c1-21(2)35-26(30(38)39)20-25(33-35)29(37)34-18-16-31(17-19-34)15-14-27(31)32-28(36)24-12-10-23(11-13-24)9-8-22-6-4-3-5-7-22/h3-7,10-13,20-21,27H,14-19H2,1-2H3,(H,32,36)(H,38,39). The van der Waals surface area contributed by atoms with E-state index >= 15 is 0 Å². The fourth-order valence-electron chi connectivity index (χ4n) is 5.50. The Bertz CT molecular complexity index is 1440. The van der Waals surface area contributed by atoms with Crippen molar-refractivity contribution in [3.05, 3.63) is 88.7 Å². The number of nitrogens with one attached hydrogen (secondary N) is 1. The van der Waals surface area contributed by atoms with E-state index in [-0.39, 0.29) is 40.7 Å². The van der Waals surface area contributed by atoms with Crippen molar-refractivity contribution in [2.45, 2.75) is 51.6 Å². The first-order chi connectivity index (χ1) is 18.8. The molecule has 1 saturated heterocycles. The van der Waals surface area contributed by atoms with Crippen molar-refractivity contribution < 1.29 is 19.5 Å². The van der Waals surface area contributed by atoms with Crippen LogP contribution >= 0.6 is 0 Å². The third-order valence-electron chi connectivity index (χ3n) is 7.96. The Hall–Kier alpha value is -4.38. The molecule has 1 atom stereocenters. The highest BCUT2D eigenvalue weighted by Crippen LogP contribution is 2.49. The van der Waals surface area contributed by atoms with Gasteiger partial charge >= 0.3 is 5.97 Å². The maximum Gasteiger partial charge on any atom is 0.354 e. The van der Waals surface area contributed by atoms with E-state index in [1.807, 2.05) is 56.3 Å². The molecule has 2 fully saturated rings. The number of aromatic carboxylic acids is 1. The van der Waals surface area contributed by atoms with Crippen LogP contribution in [0.25, 0.3) is 0 Å². The van der Waals surface area contributed by atoms with Crippen LogP contribution < -0.4 is 5.32 Å². The molecule has 8 nitrogen and oxygen atoms in total. The molecule has 200 valence electrons. The first kappa shape index (κ1) is 26.2. The van der Waals surface area contributed by atoms with Gasteiger partial charge in [-0.3, -0.25) is 14.3 Å². The fourth-order valence-corrected chi connectivity index (χ4v) is 5.50. The molecule has 1 spiro atoms. The molecule has 1 saturated carbocycles. The number of nitrogens with zero attached hydrogens (tertiary/aromatic N) is 3. The molecule has 5 rings (SSSR count). The van der Waals surface area contributed by atoms with E-state index in [1.165, 1.54) is 10.7 Å². The van der Waals surface area contributed by atoms with Crippen molar-refractivity contribution in [2.75, 3.05) is 13.1 Å². The Labute approximate surface area is 228 Å². The van der Waals surface area contributed by atoms with Gasteiger partial charge in [-0.15, -0.1) is 0 Å². The monoisotopic (exact) mass is 524 g/mol. The summed E-state index contributed by atoms with van der Waals surface area (Å²) < 4.78 is 1.38. The lowest BCUT2D eigenvalue weighted by Gasteiger charge is -2.54. The molecule has 1 unspecified atom stereocenters. The van der Waals surface area contributed by atoms with E-state index in [0.29, 0.717) is 18.7 Å². The Kier molecular flexibility index (Phi) is 7.25. The summed E-state index contributed by atoms with van der Waals surface area (Å²) in [4.78, 5) is 39.4. The van der Waals surface area contributed by atoms with E-state index in [2.05, 4.69) is 22.3 Å². The number of likely N-dealkylation sites (tertiary alicyclic amines) is 1. The van der Waals surface area contributed by atoms with Crippen molar-refractivity contribution in [3.8, 4) is 11.8 Å². The molecule has 0 radical (unpaired) electrons. The molecular formula is C31H32N4O4. The zero-order valence-electron chi connectivity index (χ0n) is 22.2. The van der Waals surface area contributed by atoms with E-state index in [1.54, 1.807) is 17.0 Å². The number of benzene rings is 2. The number of amides is 2. The number of rotatable bonds is 5. The molecule has 2 aliphatic rings. The van der Waals surface area contributed by atoms with Gasteiger partial charge in [-0.25, -0.2) is 4.79 Å². The van der Waals surface area contributed by atoms with Crippen LogP contribution in [-0.2, 0) is 0 Å². The van der Waals surface area contributed by atoms with Crippen molar-refractivity contribution in [1.82, 2.24) is 20.0 Å². The van der Waals surface area contributed by atoms with Crippen LogP contribution in [0.4, 0.5) is 0 Å². The molecule has 2 heterocycles. The predicted octanol–water partition coefficient (Wildman–Crippen LogP) is 4.38. The second-order valence-corrected chi connectivity index (χ2v) is 10.7. The van der Waals surface area contributed by atoms with E-state index in [0.717, 1.165) is 36.8 Å². The highest BCUT2D eigenvalue weighted by molar-refractivity contribution is 5.96. The maximum atomic E-state index is 13.1. The Morgan fingerprint density at radius 2 is 1.62 bits per heavy atom. The van der Waals surface area contributed by atoms with E-state index < -0.39 is 5.97 Å². The number of aromatic nitrogens is 2. The Morgan fingerprint density at radius 1 is 0.974 bits per heavy atom. The van der Waals surface area contributed by atoms with Gasteiger partial charge in [0.15, 0.2) is 5.69 Å². The number of carbonyl (C=O) groups is 3. The van der Waals surface area contributed by atoms with Crippen LogP contribution in [0.2, 0.25) is 0 Å². The van der Waals surface area contributed by atoms with Gasteiger partial charge in [-0.2, -0.15) is 5.10 Å². The van der Waals surface area contributed by atoms with Gasteiger partial charge in [0.05, 0.1) is 0 Å². The minimum Gasteiger partial charge on any atom is -0.477 e. The largest absolute Gasteiger partial charge is 0.477 e. The smallest absolute Gasteiger partial charge is 0.354 e. The lowest BCUT2D eigenvalue weighted by atomic mass is 9.59. The van der Waals surface area contributed by atoms with Crippen LogP contribution in [0.3, 0.4) is 0 Å².